The minimum Gasteiger partial charge on any atom is -0.478 e. The van der Waals surface area contributed by atoms with Crippen LogP contribution in [0.25, 0.3) is 11.3 Å². The van der Waals surface area contributed by atoms with Gasteiger partial charge in [0.1, 0.15) is 5.69 Å². The highest BCUT2D eigenvalue weighted by Crippen LogP contribution is 2.21. The molecule has 0 fully saturated rings. The molecule has 7 nitrogen and oxygen atoms in total. The molecule has 3 N–H and O–H groups in total. The number of carboxylic acids is 3. The number of nitrogens with zero attached hydrogens (tertiary/aromatic N) is 1. The second kappa shape index (κ2) is 5.41. The first-order valence-corrected chi connectivity index (χ1v) is 5.71. The van der Waals surface area contributed by atoms with E-state index in [1.807, 2.05) is 0 Å². The van der Waals surface area contributed by atoms with E-state index in [0.29, 0.717) is 0 Å². The summed E-state index contributed by atoms with van der Waals surface area (Å²) in [6, 6.07) is 7.70. The van der Waals surface area contributed by atoms with Crippen LogP contribution in [0.2, 0.25) is 0 Å². The molecule has 7 heteroatoms. The molecule has 0 aliphatic heterocycles. The molecule has 0 amide bonds. The normalized spacial score (nSPS) is 10.1. The van der Waals surface area contributed by atoms with Crippen LogP contribution in [0.3, 0.4) is 0 Å². The summed E-state index contributed by atoms with van der Waals surface area (Å²) >= 11 is 0. The molecule has 0 radical (unpaired) electrons. The second-order valence-corrected chi connectivity index (χ2v) is 4.12. The second-order valence-electron chi connectivity index (χ2n) is 4.12. The van der Waals surface area contributed by atoms with Gasteiger partial charge in [0, 0.05) is 5.56 Å². The van der Waals surface area contributed by atoms with Crippen molar-refractivity contribution in [2.24, 2.45) is 0 Å². The van der Waals surface area contributed by atoms with Crippen LogP contribution in [-0.2, 0) is 0 Å². The fourth-order valence-corrected chi connectivity index (χ4v) is 1.74. The highest BCUT2D eigenvalue weighted by atomic mass is 16.4. The van der Waals surface area contributed by atoms with Gasteiger partial charge in [-0.3, -0.25) is 0 Å². The average Bonchev–Trinajstić information content (AvgIpc) is 2.46. The number of aromatic nitrogens is 1. The molecule has 0 saturated carbocycles. The maximum atomic E-state index is 11.0. The maximum Gasteiger partial charge on any atom is 0.354 e. The third kappa shape index (κ3) is 3.03. The van der Waals surface area contributed by atoms with Crippen molar-refractivity contribution in [3.05, 3.63) is 53.2 Å². The van der Waals surface area contributed by atoms with Gasteiger partial charge in [0.25, 0.3) is 0 Å². The van der Waals surface area contributed by atoms with Crippen LogP contribution in [0.1, 0.15) is 31.2 Å². The fraction of sp³-hybridized carbons (Fsp3) is 0. The van der Waals surface area contributed by atoms with Crippen molar-refractivity contribution in [2.45, 2.75) is 0 Å². The standard InChI is InChI=1S/C14H9NO6/c16-12(17)8-4-7(5-9(6-8)13(18)19)10-2-1-3-11(15-10)14(20)21/h1-6H,(H,16,17)(H,18,19)(H,20,21). The van der Waals surface area contributed by atoms with E-state index in [4.69, 9.17) is 15.3 Å². The molecule has 0 bridgehead atoms. The van der Waals surface area contributed by atoms with E-state index in [-0.39, 0.29) is 28.1 Å². The average molecular weight is 287 g/mol. The van der Waals surface area contributed by atoms with Gasteiger partial charge in [-0.05, 0) is 30.3 Å². The van der Waals surface area contributed by atoms with Crippen molar-refractivity contribution < 1.29 is 29.7 Å². The Bertz CT molecular complexity index is 721. The third-order valence-corrected chi connectivity index (χ3v) is 2.69. The molecule has 1 aromatic carbocycles. The smallest absolute Gasteiger partial charge is 0.354 e. The Morgan fingerprint density at radius 3 is 1.86 bits per heavy atom. The molecule has 0 aliphatic carbocycles. The van der Waals surface area contributed by atoms with E-state index in [2.05, 4.69) is 4.98 Å². The molecule has 2 rings (SSSR count). The van der Waals surface area contributed by atoms with E-state index in [0.717, 1.165) is 6.07 Å². The van der Waals surface area contributed by atoms with Crippen molar-refractivity contribution in [3.63, 3.8) is 0 Å². The zero-order valence-corrected chi connectivity index (χ0v) is 10.5. The molecule has 0 unspecified atom stereocenters. The lowest BCUT2D eigenvalue weighted by molar-refractivity contribution is 0.0678. The van der Waals surface area contributed by atoms with Crippen molar-refractivity contribution in [1.29, 1.82) is 0 Å². The Labute approximate surface area is 118 Å². The Morgan fingerprint density at radius 2 is 1.38 bits per heavy atom. The largest absolute Gasteiger partial charge is 0.478 e. The lowest BCUT2D eigenvalue weighted by atomic mass is 10.0. The van der Waals surface area contributed by atoms with Gasteiger partial charge < -0.3 is 15.3 Å². The fourth-order valence-electron chi connectivity index (χ4n) is 1.74. The first kappa shape index (κ1) is 14.2. The molecule has 0 atom stereocenters. The number of carbonyl (C=O) groups is 3. The predicted octanol–water partition coefficient (Wildman–Crippen LogP) is 1.84. The molecule has 0 spiro atoms. The van der Waals surface area contributed by atoms with Gasteiger partial charge in [-0.15, -0.1) is 0 Å². The number of pyridine rings is 1. The number of benzene rings is 1. The first-order chi connectivity index (χ1) is 9.88. The monoisotopic (exact) mass is 287 g/mol. The van der Waals surface area contributed by atoms with Gasteiger partial charge in [-0.2, -0.15) is 0 Å². The Hall–Kier alpha value is -3.22. The Kier molecular flexibility index (Phi) is 3.66. The summed E-state index contributed by atoms with van der Waals surface area (Å²) in [5.74, 6) is -3.80. The number of rotatable bonds is 4. The lowest BCUT2D eigenvalue weighted by Crippen LogP contribution is -2.04. The van der Waals surface area contributed by atoms with Crippen molar-refractivity contribution >= 4 is 17.9 Å². The van der Waals surface area contributed by atoms with Gasteiger partial charge in [0.05, 0.1) is 16.8 Å². The van der Waals surface area contributed by atoms with Crippen molar-refractivity contribution in [3.8, 4) is 11.3 Å². The van der Waals surface area contributed by atoms with E-state index in [1.54, 1.807) is 0 Å². The Balaban J connectivity index is 2.62. The van der Waals surface area contributed by atoms with Crippen LogP contribution in [0.4, 0.5) is 0 Å². The zero-order chi connectivity index (χ0) is 15.6. The van der Waals surface area contributed by atoms with E-state index >= 15 is 0 Å². The van der Waals surface area contributed by atoms with Gasteiger partial charge in [0.2, 0.25) is 0 Å². The highest BCUT2D eigenvalue weighted by Gasteiger charge is 2.14. The molecule has 2 aromatic rings. The topological polar surface area (TPSA) is 125 Å². The first-order valence-electron chi connectivity index (χ1n) is 5.71. The molecule has 1 heterocycles. The van der Waals surface area contributed by atoms with Crippen molar-refractivity contribution in [2.75, 3.05) is 0 Å². The maximum absolute atomic E-state index is 11.0. The summed E-state index contributed by atoms with van der Waals surface area (Å²) in [6.45, 7) is 0. The van der Waals surface area contributed by atoms with Gasteiger partial charge >= 0.3 is 17.9 Å². The van der Waals surface area contributed by atoms with Crippen LogP contribution < -0.4 is 0 Å². The van der Waals surface area contributed by atoms with Gasteiger partial charge in [-0.1, -0.05) is 6.07 Å². The number of aromatic carboxylic acids is 3. The zero-order valence-electron chi connectivity index (χ0n) is 10.5. The summed E-state index contributed by atoms with van der Waals surface area (Å²) in [5, 5.41) is 26.9. The molecule has 0 aliphatic rings. The molecule has 21 heavy (non-hydrogen) atoms. The molecule has 1 aromatic heterocycles. The minimum absolute atomic E-state index is 0.181. The van der Waals surface area contributed by atoms with E-state index in [9.17, 15) is 14.4 Å². The van der Waals surface area contributed by atoms with Crippen LogP contribution in [0.5, 0.6) is 0 Å². The molecular formula is C14H9NO6. The van der Waals surface area contributed by atoms with Crippen LogP contribution in [-0.4, -0.2) is 38.2 Å². The number of hydrogen-bond donors (Lipinski definition) is 3. The van der Waals surface area contributed by atoms with Crippen LogP contribution >= 0.6 is 0 Å². The van der Waals surface area contributed by atoms with Crippen molar-refractivity contribution in [1.82, 2.24) is 4.98 Å². The summed E-state index contributed by atoms with van der Waals surface area (Å²) in [7, 11) is 0. The van der Waals surface area contributed by atoms with E-state index in [1.165, 1.54) is 30.3 Å². The molecular weight excluding hydrogens is 278 g/mol. The van der Waals surface area contributed by atoms with Crippen LogP contribution in [0, 0.1) is 0 Å². The number of carboxylic acid groups (broad SMARTS) is 3. The third-order valence-electron chi connectivity index (χ3n) is 2.69. The summed E-state index contributed by atoms with van der Waals surface area (Å²) in [5.41, 5.74) is -0.249. The number of hydrogen-bond acceptors (Lipinski definition) is 4. The van der Waals surface area contributed by atoms with Gasteiger partial charge in [-0.25, -0.2) is 19.4 Å². The summed E-state index contributed by atoms with van der Waals surface area (Å²) < 4.78 is 0. The molecule has 106 valence electrons. The van der Waals surface area contributed by atoms with Gasteiger partial charge in [0.15, 0.2) is 0 Å². The minimum atomic E-state index is -1.28. The van der Waals surface area contributed by atoms with Crippen LogP contribution in [0.15, 0.2) is 36.4 Å². The SMILES string of the molecule is O=C(O)c1cc(C(=O)O)cc(-c2cccc(C(=O)O)n2)c1. The predicted molar refractivity (Wildman–Crippen MR) is 70.6 cm³/mol. The Morgan fingerprint density at radius 1 is 0.810 bits per heavy atom. The van der Waals surface area contributed by atoms with E-state index < -0.39 is 17.9 Å². The highest BCUT2D eigenvalue weighted by molar-refractivity contribution is 5.96. The summed E-state index contributed by atoms with van der Waals surface area (Å²) in [6.07, 6.45) is 0. The quantitative estimate of drug-likeness (QED) is 0.783. The summed E-state index contributed by atoms with van der Waals surface area (Å²) in [4.78, 5) is 36.8. The molecule has 0 saturated heterocycles. The lowest BCUT2D eigenvalue weighted by Gasteiger charge is -2.06.